The van der Waals surface area contributed by atoms with E-state index in [9.17, 15) is 9.90 Å². The van der Waals surface area contributed by atoms with Gasteiger partial charge in [-0.2, -0.15) is 0 Å². The van der Waals surface area contributed by atoms with Crippen LogP contribution < -0.4 is 15.0 Å². The highest BCUT2D eigenvalue weighted by molar-refractivity contribution is 5.82. The minimum Gasteiger partial charge on any atom is -0.502 e. The molecule has 1 N–H and O–H groups in total. The standard InChI is InChI=1S/C23H26N4O5/c1-14(2)32-11-7-10-26-22(29)16-8-5-6-9-17(16)27-21(24-25-23(26)27)15-12-18(30-3)20(28)19(13-15)31-4/h5-6,8-9,12-14,28H,7,10-11H2,1-4H3. The van der Waals surface area contributed by atoms with Gasteiger partial charge in [0.05, 0.1) is 31.2 Å². The van der Waals surface area contributed by atoms with Gasteiger partial charge >= 0.3 is 0 Å². The molecule has 168 valence electrons. The van der Waals surface area contributed by atoms with Gasteiger partial charge in [0, 0.05) is 18.7 Å². The Hall–Kier alpha value is -3.59. The van der Waals surface area contributed by atoms with Crippen LogP contribution in [0.15, 0.2) is 41.2 Å². The van der Waals surface area contributed by atoms with Gasteiger partial charge in [0.15, 0.2) is 17.3 Å². The summed E-state index contributed by atoms with van der Waals surface area (Å²) in [6.45, 7) is 4.94. The number of phenolic OH excluding ortho intramolecular Hbond substituents is 1. The number of rotatable bonds is 8. The van der Waals surface area contributed by atoms with E-state index in [0.717, 1.165) is 0 Å². The van der Waals surface area contributed by atoms with Gasteiger partial charge in [0.25, 0.3) is 5.56 Å². The molecule has 0 atom stereocenters. The van der Waals surface area contributed by atoms with Crippen molar-refractivity contribution in [3.8, 4) is 28.6 Å². The number of methoxy groups -OCH3 is 2. The quantitative estimate of drug-likeness (QED) is 0.422. The van der Waals surface area contributed by atoms with Gasteiger partial charge in [-0.25, -0.2) is 0 Å². The summed E-state index contributed by atoms with van der Waals surface area (Å²) in [6.07, 6.45) is 0.789. The lowest BCUT2D eigenvalue weighted by Crippen LogP contribution is -2.24. The summed E-state index contributed by atoms with van der Waals surface area (Å²) in [5, 5.41) is 19.6. The number of nitrogens with zero attached hydrogens (tertiary/aromatic N) is 4. The SMILES string of the molecule is COc1cc(-c2nnc3n(CCCOC(C)C)c(=O)c4ccccc4n23)cc(OC)c1O. The number of phenols is 1. The Morgan fingerprint density at radius 2 is 1.75 bits per heavy atom. The van der Waals surface area contributed by atoms with E-state index in [1.807, 2.05) is 36.4 Å². The van der Waals surface area contributed by atoms with E-state index in [4.69, 9.17) is 14.2 Å². The number of aryl methyl sites for hydroxylation is 1. The third-order valence-corrected chi connectivity index (χ3v) is 5.22. The lowest BCUT2D eigenvalue weighted by Gasteiger charge is -2.13. The maximum atomic E-state index is 13.2. The van der Waals surface area contributed by atoms with E-state index in [1.165, 1.54) is 14.2 Å². The smallest absolute Gasteiger partial charge is 0.262 e. The van der Waals surface area contributed by atoms with Crippen LogP contribution in [0.5, 0.6) is 17.2 Å². The minimum absolute atomic E-state index is 0.0977. The zero-order valence-electron chi connectivity index (χ0n) is 18.5. The topological polar surface area (TPSA) is 100 Å². The van der Waals surface area contributed by atoms with Crippen LogP contribution in [0.4, 0.5) is 0 Å². The molecular formula is C23H26N4O5. The molecule has 0 aliphatic rings. The van der Waals surface area contributed by atoms with E-state index < -0.39 is 0 Å². The zero-order chi connectivity index (χ0) is 22.8. The number of aromatic nitrogens is 4. The number of fused-ring (bicyclic) bond motifs is 3. The first-order valence-corrected chi connectivity index (χ1v) is 10.4. The number of para-hydroxylation sites is 1. The Morgan fingerprint density at radius 3 is 2.41 bits per heavy atom. The number of benzene rings is 2. The normalized spacial score (nSPS) is 11.5. The maximum Gasteiger partial charge on any atom is 0.262 e. The monoisotopic (exact) mass is 438 g/mol. The summed E-state index contributed by atoms with van der Waals surface area (Å²) in [7, 11) is 2.93. The number of ether oxygens (including phenoxy) is 3. The summed E-state index contributed by atoms with van der Waals surface area (Å²) in [6, 6.07) is 10.7. The highest BCUT2D eigenvalue weighted by atomic mass is 16.5. The third-order valence-electron chi connectivity index (χ3n) is 5.22. The third kappa shape index (κ3) is 3.75. The van der Waals surface area contributed by atoms with E-state index in [-0.39, 0.29) is 28.9 Å². The molecule has 2 aromatic carbocycles. The Bertz CT molecular complexity index is 1300. The molecule has 0 saturated carbocycles. The average Bonchev–Trinajstić information content (AvgIpc) is 3.23. The van der Waals surface area contributed by atoms with Crippen molar-refractivity contribution in [2.24, 2.45) is 0 Å². The van der Waals surface area contributed by atoms with Crippen molar-refractivity contribution in [1.82, 2.24) is 19.2 Å². The van der Waals surface area contributed by atoms with Crippen LogP contribution in [-0.4, -0.2) is 51.2 Å². The molecule has 9 heteroatoms. The van der Waals surface area contributed by atoms with Gasteiger partial charge < -0.3 is 19.3 Å². The van der Waals surface area contributed by atoms with Gasteiger partial charge in [-0.1, -0.05) is 12.1 Å². The fourth-order valence-corrected chi connectivity index (χ4v) is 3.71. The van der Waals surface area contributed by atoms with Gasteiger partial charge in [0.2, 0.25) is 11.5 Å². The maximum absolute atomic E-state index is 13.2. The molecule has 32 heavy (non-hydrogen) atoms. The Labute approximate surface area is 184 Å². The van der Waals surface area contributed by atoms with Crippen molar-refractivity contribution in [3.63, 3.8) is 0 Å². The molecule has 0 saturated heterocycles. The number of hydrogen-bond donors (Lipinski definition) is 1. The van der Waals surface area contributed by atoms with Crippen LogP contribution in [0.3, 0.4) is 0 Å². The summed E-state index contributed by atoms with van der Waals surface area (Å²) in [4.78, 5) is 13.2. The molecule has 2 heterocycles. The van der Waals surface area contributed by atoms with Crippen LogP contribution >= 0.6 is 0 Å². The Morgan fingerprint density at radius 1 is 1.06 bits per heavy atom. The molecular weight excluding hydrogens is 412 g/mol. The summed E-state index contributed by atoms with van der Waals surface area (Å²) in [5.74, 6) is 1.33. The van der Waals surface area contributed by atoms with E-state index >= 15 is 0 Å². The molecule has 4 rings (SSSR count). The lowest BCUT2D eigenvalue weighted by atomic mass is 10.1. The molecule has 0 aliphatic heterocycles. The highest BCUT2D eigenvalue weighted by Crippen LogP contribution is 2.40. The fraction of sp³-hybridized carbons (Fsp3) is 0.348. The van der Waals surface area contributed by atoms with Crippen LogP contribution in [0.2, 0.25) is 0 Å². The molecule has 0 spiro atoms. The molecule has 0 unspecified atom stereocenters. The molecule has 0 radical (unpaired) electrons. The van der Waals surface area contributed by atoms with Gasteiger partial charge in [-0.3, -0.25) is 13.8 Å². The molecule has 0 amide bonds. The molecule has 0 aliphatic carbocycles. The summed E-state index contributed by atoms with van der Waals surface area (Å²) >= 11 is 0. The van der Waals surface area contributed by atoms with Crippen molar-refractivity contribution in [3.05, 3.63) is 46.8 Å². The van der Waals surface area contributed by atoms with Crippen molar-refractivity contribution < 1.29 is 19.3 Å². The van der Waals surface area contributed by atoms with Crippen molar-refractivity contribution in [2.45, 2.75) is 32.9 Å². The van der Waals surface area contributed by atoms with E-state index in [0.29, 0.717) is 47.6 Å². The van der Waals surface area contributed by atoms with Crippen molar-refractivity contribution in [1.29, 1.82) is 0 Å². The predicted molar refractivity (Wildman–Crippen MR) is 121 cm³/mol. The second kappa shape index (κ2) is 8.88. The number of aromatic hydroxyl groups is 1. The van der Waals surface area contributed by atoms with Crippen LogP contribution in [0, 0.1) is 0 Å². The van der Waals surface area contributed by atoms with E-state index in [1.54, 1.807) is 22.8 Å². The van der Waals surface area contributed by atoms with Gasteiger partial charge in [-0.15, -0.1) is 10.2 Å². The van der Waals surface area contributed by atoms with Crippen molar-refractivity contribution in [2.75, 3.05) is 20.8 Å². The minimum atomic E-state index is -0.127. The molecule has 0 fully saturated rings. The summed E-state index contributed by atoms with van der Waals surface area (Å²) in [5.41, 5.74) is 1.19. The summed E-state index contributed by atoms with van der Waals surface area (Å²) < 4.78 is 19.7. The molecule has 4 aromatic rings. The van der Waals surface area contributed by atoms with Crippen molar-refractivity contribution >= 4 is 16.7 Å². The second-order valence-corrected chi connectivity index (χ2v) is 7.64. The van der Waals surface area contributed by atoms with Gasteiger partial charge in [0.1, 0.15) is 0 Å². The fourth-order valence-electron chi connectivity index (χ4n) is 3.71. The van der Waals surface area contributed by atoms with Gasteiger partial charge in [-0.05, 0) is 44.5 Å². The van der Waals surface area contributed by atoms with Crippen LogP contribution in [-0.2, 0) is 11.3 Å². The van der Waals surface area contributed by atoms with Crippen LogP contribution in [0.25, 0.3) is 28.1 Å². The second-order valence-electron chi connectivity index (χ2n) is 7.64. The first kappa shape index (κ1) is 21.6. The largest absolute Gasteiger partial charge is 0.502 e. The molecule has 0 bridgehead atoms. The number of hydrogen-bond acceptors (Lipinski definition) is 7. The Kier molecular flexibility index (Phi) is 6.00. The van der Waals surface area contributed by atoms with Crippen LogP contribution in [0.1, 0.15) is 20.3 Å². The zero-order valence-corrected chi connectivity index (χ0v) is 18.5. The highest BCUT2D eigenvalue weighted by Gasteiger charge is 2.20. The Balaban J connectivity index is 1.93. The first-order chi connectivity index (χ1) is 15.5. The average molecular weight is 438 g/mol. The van der Waals surface area contributed by atoms with E-state index in [2.05, 4.69) is 10.2 Å². The molecule has 9 nitrogen and oxygen atoms in total. The predicted octanol–water partition coefficient (Wildman–Crippen LogP) is 3.25. The lowest BCUT2D eigenvalue weighted by molar-refractivity contribution is 0.0748. The first-order valence-electron chi connectivity index (χ1n) is 10.4. The molecule has 2 aromatic heterocycles.